The average Bonchev–Trinajstić information content (AvgIpc) is 2.71. The summed E-state index contributed by atoms with van der Waals surface area (Å²) in [4.78, 5) is 4.69. The van der Waals surface area contributed by atoms with Gasteiger partial charge in [-0.2, -0.15) is 0 Å². The van der Waals surface area contributed by atoms with E-state index in [1.807, 2.05) is 30.3 Å². The van der Waals surface area contributed by atoms with Crippen LogP contribution in [-0.2, 0) is 11.3 Å². The molecule has 0 amide bonds. The third-order valence-electron chi connectivity index (χ3n) is 4.19. The van der Waals surface area contributed by atoms with Crippen LogP contribution in [-0.4, -0.2) is 39.4 Å². The lowest BCUT2D eigenvalue weighted by atomic mass is 10.0. The van der Waals surface area contributed by atoms with Crippen molar-refractivity contribution in [2.24, 2.45) is 4.99 Å². The van der Waals surface area contributed by atoms with Crippen LogP contribution in [0, 0.1) is 0 Å². The summed E-state index contributed by atoms with van der Waals surface area (Å²) in [6.45, 7) is 7.72. The van der Waals surface area contributed by atoms with Gasteiger partial charge in [0.05, 0.1) is 13.2 Å². The van der Waals surface area contributed by atoms with Crippen LogP contribution in [0.1, 0.15) is 30.9 Å². The SMILES string of the molecule is CCNC(=NCc1ccc(OCCOC)cc1)NCC(C)c1ccccc1.I. The summed E-state index contributed by atoms with van der Waals surface area (Å²) in [5, 5.41) is 6.74. The topological polar surface area (TPSA) is 54.9 Å². The third kappa shape index (κ3) is 8.93. The average molecular weight is 497 g/mol. The summed E-state index contributed by atoms with van der Waals surface area (Å²) in [6.07, 6.45) is 0. The van der Waals surface area contributed by atoms with Crippen LogP contribution in [0.25, 0.3) is 0 Å². The summed E-state index contributed by atoms with van der Waals surface area (Å²) in [5.74, 6) is 2.10. The van der Waals surface area contributed by atoms with Gasteiger partial charge in [0, 0.05) is 20.2 Å². The molecule has 0 aliphatic heterocycles. The highest BCUT2D eigenvalue weighted by molar-refractivity contribution is 14.0. The van der Waals surface area contributed by atoms with Gasteiger partial charge in [-0.1, -0.05) is 49.4 Å². The monoisotopic (exact) mass is 497 g/mol. The van der Waals surface area contributed by atoms with Crippen LogP contribution in [0.15, 0.2) is 59.6 Å². The molecule has 28 heavy (non-hydrogen) atoms. The van der Waals surface area contributed by atoms with E-state index in [0.29, 0.717) is 25.7 Å². The predicted molar refractivity (Wildman–Crippen MR) is 127 cm³/mol. The van der Waals surface area contributed by atoms with Crippen molar-refractivity contribution < 1.29 is 9.47 Å². The zero-order chi connectivity index (χ0) is 19.3. The van der Waals surface area contributed by atoms with Gasteiger partial charge in [-0.05, 0) is 36.1 Å². The molecule has 0 saturated carbocycles. The lowest BCUT2D eigenvalue weighted by Crippen LogP contribution is -2.39. The van der Waals surface area contributed by atoms with Gasteiger partial charge in [-0.25, -0.2) is 4.99 Å². The largest absolute Gasteiger partial charge is 0.491 e. The molecule has 2 aromatic rings. The highest BCUT2D eigenvalue weighted by Gasteiger charge is 2.06. The molecular formula is C22H32IN3O2. The molecule has 0 bridgehead atoms. The van der Waals surface area contributed by atoms with Crippen molar-refractivity contribution in [1.29, 1.82) is 0 Å². The van der Waals surface area contributed by atoms with Gasteiger partial charge in [-0.3, -0.25) is 0 Å². The molecule has 0 fully saturated rings. The number of hydrogen-bond donors (Lipinski definition) is 2. The van der Waals surface area contributed by atoms with Crippen molar-refractivity contribution in [2.45, 2.75) is 26.3 Å². The van der Waals surface area contributed by atoms with Crippen LogP contribution in [0.4, 0.5) is 0 Å². The Balaban J connectivity index is 0.00000392. The van der Waals surface area contributed by atoms with Crippen molar-refractivity contribution in [3.8, 4) is 5.75 Å². The van der Waals surface area contributed by atoms with Crippen LogP contribution < -0.4 is 15.4 Å². The van der Waals surface area contributed by atoms with Crippen LogP contribution in [0.3, 0.4) is 0 Å². The van der Waals surface area contributed by atoms with E-state index >= 15 is 0 Å². The van der Waals surface area contributed by atoms with Gasteiger partial charge in [0.15, 0.2) is 5.96 Å². The normalized spacial score (nSPS) is 12.0. The molecule has 0 aliphatic carbocycles. The van der Waals surface area contributed by atoms with E-state index < -0.39 is 0 Å². The maximum Gasteiger partial charge on any atom is 0.191 e. The number of rotatable bonds is 10. The Hall–Kier alpha value is -1.80. The van der Waals surface area contributed by atoms with E-state index in [0.717, 1.165) is 30.4 Å². The number of nitrogens with zero attached hydrogens (tertiary/aromatic N) is 1. The lowest BCUT2D eigenvalue weighted by Gasteiger charge is -2.16. The van der Waals surface area contributed by atoms with Gasteiger partial charge in [0.2, 0.25) is 0 Å². The van der Waals surface area contributed by atoms with Crippen molar-refractivity contribution in [3.63, 3.8) is 0 Å². The minimum atomic E-state index is 0. The van der Waals surface area contributed by atoms with Crippen LogP contribution >= 0.6 is 24.0 Å². The lowest BCUT2D eigenvalue weighted by molar-refractivity contribution is 0.146. The Morgan fingerprint density at radius 2 is 1.71 bits per heavy atom. The van der Waals surface area contributed by atoms with Gasteiger partial charge in [0.25, 0.3) is 0 Å². The minimum absolute atomic E-state index is 0. The first-order valence-electron chi connectivity index (χ1n) is 9.50. The van der Waals surface area contributed by atoms with Gasteiger partial charge >= 0.3 is 0 Å². The number of nitrogens with one attached hydrogen (secondary N) is 2. The number of aliphatic imine (C=N–C) groups is 1. The van der Waals surface area contributed by atoms with Crippen molar-refractivity contribution in [2.75, 3.05) is 33.4 Å². The molecule has 0 aromatic heterocycles. The van der Waals surface area contributed by atoms with Gasteiger partial charge in [0.1, 0.15) is 12.4 Å². The van der Waals surface area contributed by atoms with E-state index in [4.69, 9.17) is 9.47 Å². The third-order valence-corrected chi connectivity index (χ3v) is 4.19. The second-order valence-corrected chi connectivity index (χ2v) is 6.37. The van der Waals surface area contributed by atoms with Gasteiger partial charge in [-0.15, -0.1) is 24.0 Å². The number of benzene rings is 2. The summed E-state index contributed by atoms with van der Waals surface area (Å²) in [6, 6.07) is 18.5. The number of ether oxygens (including phenoxy) is 2. The number of halogens is 1. The van der Waals surface area contributed by atoms with Crippen molar-refractivity contribution in [3.05, 3.63) is 65.7 Å². The smallest absolute Gasteiger partial charge is 0.191 e. The fourth-order valence-corrected chi connectivity index (χ4v) is 2.60. The van der Waals surface area contributed by atoms with Crippen molar-refractivity contribution in [1.82, 2.24) is 10.6 Å². The minimum Gasteiger partial charge on any atom is -0.491 e. The Kier molecular flexibility index (Phi) is 12.3. The molecular weight excluding hydrogens is 465 g/mol. The molecule has 1 atom stereocenters. The molecule has 0 radical (unpaired) electrons. The Morgan fingerprint density at radius 3 is 2.36 bits per heavy atom. The summed E-state index contributed by atoms with van der Waals surface area (Å²) in [7, 11) is 1.67. The highest BCUT2D eigenvalue weighted by Crippen LogP contribution is 2.14. The molecule has 6 heteroatoms. The predicted octanol–water partition coefficient (Wildman–Crippen LogP) is 4.19. The first-order valence-corrected chi connectivity index (χ1v) is 9.50. The zero-order valence-electron chi connectivity index (χ0n) is 17.0. The number of guanidine groups is 1. The second-order valence-electron chi connectivity index (χ2n) is 6.37. The summed E-state index contributed by atoms with van der Waals surface area (Å²) >= 11 is 0. The maximum absolute atomic E-state index is 5.59. The highest BCUT2D eigenvalue weighted by atomic mass is 127. The van der Waals surface area contributed by atoms with Crippen molar-refractivity contribution >= 4 is 29.9 Å². The fraction of sp³-hybridized carbons (Fsp3) is 0.409. The molecule has 2 aromatic carbocycles. The number of methoxy groups -OCH3 is 1. The van der Waals surface area contributed by atoms with Crippen LogP contribution in [0.2, 0.25) is 0 Å². The molecule has 0 aliphatic rings. The van der Waals surface area contributed by atoms with E-state index in [1.165, 1.54) is 5.56 Å². The second kappa shape index (κ2) is 14.2. The first kappa shape index (κ1) is 24.2. The van der Waals surface area contributed by atoms with E-state index in [-0.39, 0.29) is 24.0 Å². The van der Waals surface area contributed by atoms with E-state index in [9.17, 15) is 0 Å². The van der Waals surface area contributed by atoms with Crippen LogP contribution in [0.5, 0.6) is 5.75 Å². The first-order chi connectivity index (χ1) is 13.2. The maximum atomic E-state index is 5.59. The number of hydrogen-bond acceptors (Lipinski definition) is 3. The van der Waals surface area contributed by atoms with Gasteiger partial charge < -0.3 is 20.1 Å². The molecule has 5 nitrogen and oxygen atoms in total. The zero-order valence-corrected chi connectivity index (χ0v) is 19.3. The van der Waals surface area contributed by atoms with E-state index in [2.05, 4.69) is 53.7 Å². The molecule has 2 rings (SSSR count). The molecule has 0 spiro atoms. The molecule has 154 valence electrons. The molecule has 2 N–H and O–H groups in total. The van der Waals surface area contributed by atoms with E-state index in [1.54, 1.807) is 7.11 Å². The quantitative estimate of drug-likeness (QED) is 0.224. The summed E-state index contributed by atoms with van der Waals surface area (Å²) < 4.78 is 10.6. The molecule has 0 saturated heterocycles. The fourth-order valence-electron chi connectivity index (χ4n) is 2.60. The molecule has 0 heterocycles. The Bertz CT molecular complexity index is 678. The molecule has 1 unspecified atom stereocenters. The summed E-state index contributed by atoms with van der Waals surface area (Å²) in [5.41, 5.74) is 2.47. The standard InChI is InChI=1S/C22H31N3O2.HI/c1-4-23-22(24-16-18(2)20-8-6-5-7-9-20)25-17-19-10-12-21(13-11-19)27-15-14-26-3;/h5-13,18H,4,14-17H2,1-3H3,(H2,23,24,25);1H. The Morgan fingerprint density at radius 1 is 1.00 bits per heavy atom. The Labute approximate surface area is 186 Å².